The fourth-order valence-corrected chi connectivity index (χ4v) is 4.22. The third kappa shape index (κ3) is 2.58. The summed E-state index contributed by atoms with van der Waals surface area (Å²) < 4.78 is 4.28. The largest absolute Gasteiger partial charge is 0.382 e. The Balaban J connectivity index is 1.69. The monoisotopic (exact) mass is 306 g/mol. The van der Waals surface area contributed by atoms with E-state index in [1.807, 2.05) is 0 Å². The predicted octanol–water partition coefficient (Wildman–Crippen LogP) is 2.77. The molecule has 1 aromatic heterocycles. The number of nitrogen functional groups attached to an aromatic ring is 1. The van der Waals surface area contributed by atoms with Gasteiger partial charge in [0.2, 0.25) is 0 Å². The van der Waals surface area contributed by atoms with Gasteiger partial charge >= 0.3 is 0 Å². The number of nitrogens with zero attached hydrogens (tertiary/aromatic N) is 3. The minimum atomic E-state index is 0.669. The van der Waals surface area contributed by atoms with E-state index in [1.54, 1.807) is 11.8 Å². The van der Waals surface area contributed by atoms with Crippen LogP contribution in [0.2, 0.25) is 0 Å². The molecule has 0 aliphatic carbocycles. The second-order valence-corrected chi connectivity index (χ2v) is 6.28. The summed E-state index contributed by atoms with van der Waals surface area (Å²) in [6.45, 7) is 4.11. The summed E-state index contributed by atoms with van der Waals surface area (Å²) in [6.07, 6.45) is 2.06. The second-order valence-electron chi connectivity index (χ2n) is 4.72. The molecule has 0 unspecified atom stereocenters. The fraction of sp³-hybridized carbons (Fsp3) is 0.357. The minimum Gasteiger partial charge on any atom is -0.382 e. The van der Waals surface area contributed by atoms with Crippen LogP contribution < -0.4 is 15.5 Å². The van der Waals surface area contributed by atoms with Crippen LogP contribution in [0.3, 0.4) is 0 Å². The van der Waals surface area contributed by atoms with E-state index in [4.69, 9.17) is 5.73 Å². The predicted molar refractivity (Wildman–Crippen MR) is 89.2 cm³/mol. The van der Waals surface area contributed by atoms with Crippen molar-refractivity contribution < 1.29 is 0 Å². The summed E-state index contributed by atoms with van der Waals surface area (Å²) in [5.74, 6) is 0.669. The van der Waals surface area contributed by atoms with Crippen molar-refractivity contribution in [3.63, 3.8) is 0 Å². The van der Waals surface area contributed by atoms with E-state index in [1.165, 1.54) is 22.2 Å². The first-order chi connectivity index (χ1) is 9.79. The van der Waals surface area contributed by atoms with Crippen LogP contribution in [0.5, 0.6) is 0 Å². The molecular weight excluding hydrogens is 288 g/mol. The van der Waals surface area contributed by atoms with Gasteiger partial charge in [0, 0.05) is 31.9 Å². The Hall–Kier alpha value is -1.40. The van der Waals surface area contributed by atoms with Crippen LogP contribution in [-0.4, -0.2) is 36.8 Å². The molecule has 20 heavy (non-hydrogen) atoms. The summed E-state index contributed by atoms with van der Waals surface area (Å²) in [5, 5.41) is 1.22. The van der Waals surface area contributed by atoms with Gasteiger partial charge in [0.25, 0.3) is 0 Å². The van der Waals surface area contributed by atoms with E-state index in [-0.39, 0.29) is 0 Å². The van der Waals surface area contributed by atoms with Crippen LogP contribution in [-0.2, 0) is 0 Å². The lowest BCUT2D eigenvalue weighted by atomic mass is 10.2. The summed E-state index contributed by atoms with van der Waals surface area (Å²) in [4.78, 5) is 5.96. The quantitative estimate of drug-likeness (QED) is 0.884. The van der Waals surface area contributed by atoms with Gasteiger partial charge in [0.1, 0.15) is 5.00 Å². The molecule has 0 bridgehead atoms. The van der Waals surface area contributed by atoms with Crippen molar-refractivity contribution >= 4 is 39.8 Å². The Morgan fingerprint density at radius 2 is 1.75 bits per heavy atom. The van der Waals surface area contributed by atoms with Gasteiger partial charge in [-0.3, -0.25) is 0 Å². The second kappa shape index (κ2) is 5.93. The first kappa shape index (κ1) is 13.6. The van der Waals surface area contributed by atoms with Crippen LogP contribution in [0.15, 0.2) is 35.2 Å². The van der Waals surface area contributed by atoms with Crippen molar-refractivity contribution in [2.24, 2.45) is 0 Å². The van der Waals surface area contributed by atoms with Crippen molar-refractivity contribution in [2.75, 3.05) is 48.0 Å². The molecule has 2 N–H and O–H groups in total. The standard InChI is InChI=1S/C14H18N4S2/c1-19-12-13(15)16-20-14(12)18-9-7-17(8-10-18)11-5-3-2-4-6-11/h2-6H,7-10H2,1H3,(H2,15,16). The molecule has 106 valence electrons. The molecule has 6 heteroatoms. The molecule has 1 fully saturated rings. The highest BCUT2D eigenvalue weighted by Gasteiger charge is 2.22. The van der Waals surface area contributed by atoms with Gasteiger partial charge < -0.3 is 15.5 Å². The smallest absolute Gasteiger partial charge is 0.153 e. The molecule has 1 aliphatic rings. The van der Waals surface area contributed by atoms with E-state index in [2.05, 4.69) is 50.8 Å². The van der Waals surface area contributed by atoms with Gasteiger partial charge in [-0.25, -0.2) is 0 Å². The number of benzene rings is 1. The highest BCUT2D eigenvalue weighted by Crippen LogP contribution is 2.38. The third-order valence-corrected chi connectivity index (χ3v) is 5.41. The number of hydrogen-bond donors (Lipinski definition) is 1. The average molecular weight is 306 g/mol. The van der Waals surface area contributed by atoms with Gasteiger partial charge in [0.15, 0.2) is 5.82 Å². The van der Waals surface area contributed by atoms with E-state index in [0.717, 1.165) is 31.1 Å². The average Bonchev–Trinajstić information content (AvgIpc) is 2.89. The number of thioether (sulfide) groups is 1. The van der Waals surface area contributed by atoms with Crippen molar-refractivity contribution in [1.82, 2.24) is 4.37 Å². The van der Waals surface area contributed by atoms with Crippen LogP contribution in [0.4, 0.5) is 16.5 Å². The topological polar surface area (TPSA) is 45.4 Å². The van der Waals surface area contributed by atoms with Gasteiger partial charge in [-0.15, -0.1) is 11.8 Å². The van der Waals surface area contributed by atoms with Crippen molar-refractivity contribution in [2.45, 2.75) is 4.90 Å². The number of aromatic nitrogens is 1. The van der Waals surface area contributed by atoms with Gasteiger partial charge in [-0.2, -0.15) is 4.37 Å². The van der Waals surface area contributed by atoms with E-state index in [0.29, 0.717) is 5.82 Å². The Labute approximate surface area is 127 Å². The van der Waals surface area contributed by atoms with E-state index >= 15 is 0 Å². The highest BCUT2D eigenvalue weighted by atomic mass is 32.2. The molecule has 3 rings (SSSR count). The molecule has 1 saturated heterocycles. The Kier molecular flexibility index (Phi) is 4.03. The zero-order chi connectivity index (χ0) is 13.9. The zero-order valence-electron chi connectivity index (χ0n) is 11.5. The molecular formula is C14H18N4S2. The maximum Gasteiger partial charge on any atom is 0.153 e. The number of piperazine rings is 1. The van der Waals surface area contributed by atoms with Crippen LogP contribution in [0.25, 0.3) is 0 Å². The molecule has 0 spiro atoms. The molecule has 2 aromatic rings. The van der Waals surface area contributed by atoms with Gasteiger partial charge in [-0.1, -0.05) is 18.2 Å². The van der Waals surface area contributed by atoms with Gasteiger partial charge in [0.05, 0.1) is 4.90 Å². The van der Waals surface area contributed by atoms with Crippen molar-refractivity contribution in [3.8, 4) is 0 Å². The van der Waals surface area contributed by atoms with Crippen LogP contribution in [0.1, 0.15) is 0 Å². The molecule has 0 atom stereocenters. The summed E-state index contributed by atoms with van der Waals surface area (Å²) in [7, 11) is 0. The summed E-state index contributed by atoms with van der Waals surface area (Å²) >= 11 is 3.20. The first-order valence-electron chi connectivity index (χ1n) is 6.63. The minimum absolute atomic E-state index is 0.669. The molecule has 1 aromatic carbocycles. The van der Waals surface area contributed by atoms with Crippen molar-refractivity contribution in [3.05, 3.63) is 30.3 Å². The fourth-order valence-electron chi connectivity index (χ4n) is 2.48. The first-order valence-corrected chi connectivity index (χ1v) is 8.63. The lowest BCUT2D eigenvalue weighted by molar-refractivity contribution is 0.654. The maximum atomic E-state index is 5.92. The number of rotatable bonds is 3. The molecule has 0 amide bonds. The highest BCUT2D eigenvalue weighted by molar-refractivity contribution is 7.99. The SMILES string of the molecule is CSc1c(N)nsc1N1CCN(c2ccccc2)CC1. The Morgan fingerprint density at radius 1 is 1.10 bits per heavy atom. The Morgan fingerprint density at radius 3 is 2.40 bits per heavy atom. The number of para-hydroxylation sites is 1. The molecule has 0 saturated carbocycles. The number of hydrogen-bond acceptors (Lipinski definition) is 6. The number of anilines is 3. The lowest BCUT2D eigenvalue weighted by Gasteiger charge is -2.36. The normalized spacial score (nSPS) is 15.7. The number of nitrogens with two attached hydrogens (primary N) is 1. The molecule has 4 nitrogen and oxygen atoms in total. The van der Waals surface area contributed by atoms with E-state index in [9.17, 15) is 0 Å². The zero-order valence-corrected chi connectivity index (χ0v) is 13.1. The van der Waals surface area contributed by atoms with Crippen LogP contribution >= 0.6 is 23.3 Å². The van der Waals surface area contributed by atoms with Gasteiger partial charge in [-0.05, 0) is 29.9 Å². The third-order valence-electron chi connectivity index (χ3n) is 3.55. The van der Waals surface area contributed by atoms with E-state index < -0.39 is 0 Å². The lowest BCUT2D eigenvalue weighted by Crippen LogP contribution is -2.46. The van der Waals surface area contributed by atoms with Crippen LogP contribution in [0, 0.1) is 0 Å². The summed E-state index contributed by atoms with van der Waals surface area (Å²) in [5.41, 5.74) is 7.22. The summed E-state index contributed by atoms with van der Waals surface area (Å²) in [6, 6.07) is 10.6. The Bertz CT molecular complexity index is 562. The maximum absolute atomic E-state index is 5.92. The molecule has 0 radical (unpaired) electrons. The molecule has 2 heterocycles. The molecule has 1 aliphatic heterocycles. The van der Waals surface area contributed by atoms with Crippen molar-refractivity contribution in [1.29, 1.82) is 0 Å².